The maximum absolute atomic E-state index is 13.7. The van der Waals surface area contributed by atoms with E-state index >= 15 is 0 Å². The Morgan fingerprint density at radius 1 is 1.25 bits per heavy atom. The van der Waals surface area contributed by atoms with Crippen molar-refractivity contribution in [3.05, 3.63) is 103 Å². The first kappa shape index (κ1) is 27.1. The Hall–Kier alpha value is -1.96. The van der Waals surface area contributed by atoms with Crippen LogP contribution in [0.25, 0.3) is 6.08 Å². The molecule has 0 saturated carbocycles. The zero-order valence-corrected chi connectivity index (χ0v) is 25.3. The van der Waals surface area contributed by atoms with Crippen molar-refractivity contribution in [2.45, 2.75) is 19.9 Å². The van der Waals surface area contributed by atoms with Crippen LogP contribution >= 0.6 is 68.1 Å². The van der Waals surface area contributed by atoms with Gasteiger partial charge in [-0.2, -0.15) is 0 Å². The molecule has 2 aromatic carbocycles. The SMILES string of the molecule is C=CCOc1c(I)cc(/C=c2\sc3n(c2=O)[C@@H](c2ccc(Cl)cc2)C(C(=O)OCC)=C(C)N=3)cc1I. The highest BCUT2D eigenvalue weighted by molar-refractivity contribution is 14.1. The van der Waals surface area contributed by atoms with Crippen LogP contribution in [-0.4, -0.2) is 23.8 Å². The summed E-state index contributed by atoms with van der Waals surface area (Å²) in [4.78, 5) is 31.8. The number of allylic oxidation sites excluding steroid dienone is 1. The van der Waals surface area contributed by atoms with Crippen molar-refractivity contribution in [3.63, 3.8) is 0 Å². The van der Waals surface area contributed by atoms with Gasteiger partial charge in [-0.15, -0.1) is 0 Å². The fourth-order valence-corrected chi connectivity index (χ4v) is 7.15. The average Bonchev–Trinajstić information content (AvgIpc) is 3.12. The summed E-state index contributed by atoms with van der Waals surface area (Å²) < 4.78 is 15.0. The maximum Gasteiger partial charge on any atom is 0.338 e. The minimum Gasteiger partial charge on any atom is -0.487 e. The molecular formula is C26H21ClI2N2O4S. The summed E-state index contributed by atoms with van der Waals surface area (Å²) in [6, 6.07) is 10.4. The van der Waals surface area contributed by atoms with E-state index in [0.717, 1.165) is 24.0 Å². The molecule has 0 radical (unpaired) electrons. The molecule has 1 aliphatic heterocycles. The molecule has 0 unspecified atom stereocenters. The molecule has 186 valence electrons. The molecule has 36 heavy (non-hydrogen) atoms. The van der Waals surface area contributed by atoms with E-state index in [1.165, 1.54) is 11.3 Å². The average molecular weight is 747 g/mol. The lowest BCUT2D eigenvalue weighted by Crippen LogP contribution is -2.39. The minimum absolute atomic E-state index is 0.219. The van der Waals surface area contributed by atoms with Gasteiger partial charge in [0.15, 0.2) is 4.80 Å². The third-order valence-electron chi connectivity index (χ3n) is 5.37. The molecule has 10 heteroatoms. The summed E-state index contributed by atoms with van der Waals surface area (Å²) in [5.74, 6) is 0.291. The Kier molecular flexibility index (Phi) is 8.74. The highest BCUT2D eigenvalue weighted by Gasteiger charge is 2.33. The topological polar surface area (TPSA) is 69.9 Å². The quantitative estimate of drug-likeness (QED) is 0.189. The molecule has 0 aliphatic carbocycles. The predicted octanol–water partition coefficient (Wildman–Crippen LogP) is 5.23. The van der Waals surface area contributed by atoms with Crippen LogP contribution < -0.4 is 19.6 Å². The smallest absolute Gasteiger partial charge is 0.338 e. The molecule has 6 nitrogen and oxygen atoms in total. The molecular weight excluding hydrogens is 726 g/mol. The lowest BCUT2D eigenvalue weighted by Gasteiger charge is -2.24. The van der Waals surface area contributed by atoms with Crippen LogP contribution in [0.1, 0.15) is 31.0 Å². The van der Waals surface area contributed by atoms with E-state index in [4.69, 9.17) is 21.1 Å². The standard InChI is InChI=1S/C26H21ClI2N2O4S/c1-4-10-35-23-18(28)11-15(12-19(23)29)13-20-24(32)31-22(16-6-8-17(27)9-7-16)21(25(33)34-5-2)14(3)30-26(31)36-20/h4,6-9,11-13,22H,1,5,10H2,2-3H3/b20-13-/t22-/m0/s1. The van der Waals surface area contributed by atoms with Gasteiger partial charge in [-0.1, -0.05) is 47.7 Å². The summed E-state index contributed by atoms with van der Waals surface area (Å²) in [5, 5.41) is 0.564. The molecule has 0 fully saturated rings. The zero-order valence-electron chi connectivity index (χ0n) is 19.4. The van der Waals surface area contributed by atoms with Crippen LogP contribution in [0, 0.1) is 7.14 Å². The Morgan fingerprint density at radius 3 is 2.53 bits per heavy atom. The van der Waals surface area contributed by atoms with Crippen LogP contribution in [0.4, 0.5) is 0 Å². The predicted molar refractivity (Wildman–Crippen MR) is 159 cm³/mol. The Morgan fingerprint density at radius 2 is 1.92 bits per heavy atom. The summed E-state index contributed by atoms with van der Waals surface area (Å²) in [6.45, 7) is 7.84. The van der Waals surface area contributed by atoms with Gasteiger partial charge < -0.3 is 9.47 Å². The molecule has 0 spiro atoms. The van der Waals surface area contributed by atoms with Gasteiger partial charge in [0.1, 0.15) is 12.4 Å². The number of ether oxygens (including phenoxy) is 2. The number of nitrogens with zero attached hydrogens (tertiary/aromatic N) is 2. The van der Waals surface area contributed by atoms with E-state index in [1.54, 1.807) is 36.6 Å². The first-order valence-corrected chi connectivity index (χ1v) is 14.3. The van der Waals surface area contributed by atoms with Crippen molar-refractivity contribution in [3.8, 4) is 5.75 Å². The van der Waals surface area contributed by atoms with E-state index in [-0.39, 0.29) is 12.2 Å². The number of halogens is 3. The van der Waals surface area contributed by atoms with Gasteiger partial charge in [-0.25, -0.2) is 9.79 Å². The van der Waals surface area contributed by atoms with Gasteiger partial charge in [0.25, 0.3) is 5.56 Å². The fourth-order valence-electron chi connectivity index (χ4n) is 3.85. The van der Waals surface area contributed by atoms with Crippen molar-refractivity contribution in [2.24, 2.45) is 4.99 Å². The summed E-state index contributed by atoms with van der Waals surface area (Å²) >= 11 is 11.8. The number of rotatable bonds is 7. The number of carbonyl (C=O) groups excluding carboxylic acids is 1. The number of benzene rings is 2. The van der Waals surface area contributed by atoms with Crippen LogP contribution in [0.3, 0.4) is 0 Å². The van der Waals surface area contributed by atoms with E-state index in [0.29, 0.717) is 32.2 Å². The molecule has 0 bridgehead atoms. The van der Waals surface area contributed by atoms with Gasteiger partial charge >= 0.3 is 5.97 Å². The molecule has 3 aromatic rings. The van der Waals surface area contributed by atoms with Gasteiger partial charge in [-0.3, -0.25) is 9.36 Å². The van der Waals surface area contributed by atoms with Gasteiger partial charge in [-0.05, 0) is 100 Å². The Balaban J connectivity index is 1.89. The summed E-state index contributed by atoms with van der Waals surface area (Å²) in [5.41, 5.74) is 2.24. The third kappa shape index (κ3) is 5.48. The lowest BCUT2D eigenvalue weighted by atomic mass is 9.96. The summed E-state index contributed by atoms with van der Waals surface area (Å²) in [7, 11) is 0. The highest BCUT2D eigenvalue weighted by atomic mass is 127. The monoisotopic (exact) mass is 746 g/mol. The molecule has 1 aliphatic rings. The second kappa shape index (κ2) is 11.6. The fraction of sp³-hybridized carbons (Fsp3) is 0.192. The normalized spacial score (nSPS) is 15.4. The van der Waals surface area contributed by atoms with Gasteiger partial charge in [0.2, 0.25) is 0 Å². The van der Waals surface area contributed by atoms with Crippen LogP contribution in [0.5, 0.6) is 5.75 Å². The molecule has 2 heterocycles. The molecule has 4 rings (SSSR count). The van der Waals surface area contributed by atoms with Crippen LogP contribution in [-0.2, 0) is 9.53 Å². The van der Waals surface area contributed by atoms with E-state index in [9.17, 15) is 9.59 Å². The largest absolute Gasteiger partial charge is 0.487 e. The second-order valence-electron chi connectivity index (χ2n) is 7.77. The van der Waals surface area contributed by atoms with E-state index in [2.05, 4.69) is 56.8 Å². The van der Waals surface area contributed by atoms with Gasteiger partial charge in [0, 0.05) is 5.02 Å². The van der Waals surface area contributed by atoms with Gasteiger partial charge in [0.05, 0.1) is 35.6 Å². The number of carbonyl (C=O) groups is 1. The highest BCUT2D eigenvalue weighted by Crippen LogP contribution is 2.32. The molecule has 0 saturated heterocycles. The minimum atomic E-state index is -0.672. The van der Waals surface area contributed by atoms with E-state index < -0.39 is 12.0 Å². The van der Waals surface area contributed by atoms with Crippen molar-refractivity contribution in [1.29, 1.82) is 0 Å². The first-order chi connectivity index (χ1) is 17.2. The molecule has 1 aromatic heterocycles. The lowest BCUT2D eigenvalue weighted by molar-refractivity contribution is -0.139. The molecule has 1 atom stereocenters. The number of thiazole rings is 1. The summed E-state index contributed by atoms with van der Waals surface area (Å²) in [6.07, 6.45) is 3.54. The Bertz CT molecular complexity index is 1530. The van der Waals surface area contributed by atoms with Crippen molar-refractivity contribution in [1.82, 2.24) is 4.57 Å². The van der Waals surface area contributed by atoms with Crippen molar-refractivity contribution in [2.75, 3.05) is 13.2 Å². The first-order valence-electron chi connectivity index (χ1n) is 10.9. The van der Waals surface area contributed by atoms with Crippen molar-refractivity contribution < 1.29 is 14.3 Å². The third-order valence-corrected chi connectivity index (χ3v) is 8.20. The Labute approximate surface area is 244 Å². The maximum atomic E-state index is 13.7. The number of aromatic nitrogens is 1. The second-order valence-corrected chi connectivity index (χ2v) is 11.5. The number of hydrogen-bond donors (Lipinski definition) is 0. The number of fused-ring (bicyclic) bond motifs is 1. The van der Waals surface area contributed by atoms with Crippen LogP contribution in [0.2, 0.25) is 5.02 Å². The van der Waals surface area contributed by atoms with E-state index in [1.807, 2.05) is 30.3 Å². The van der Waals surface area contributed by atoms with Crippen molar-refractivity contribution >= 4 is 80.2 Å². The molecule has 0 amide bonds. The zero-order chi connectivity index (χ0) is 26.0. The molecule has 0 N–H and O–H groups in total. The number of esters is 1. The number of hydrogen-bond acceptors (Lipinski definition) is 6. The van der Waals surface area contributed by atoms with Crippen LogP contribution in [0.15, 0.2) is 70.1 Å².